The number of piperazine rings is 1. The minimum absolute atomic E-state index is 0.0890. The van der Waals surface area contributed by atoms with Gasteiger partial charge in [0.25, 0.3) is 0 Å². The summed E-state index contributed by atoms with van der Waals surface area (Å²) >= 11 is 0. The highest BCUT2D eigenvalue weighted by atomic mass is 16.6. The Bertz CT molecular complexity index is 538. The van der Waals surface area contributed by atoms with Crippen LogP contribution in [0.25, 0.3) is 0 Å². The summed E-state index contributed by atoms with van der Waals surface area (Å²) in [6.07, 6.45) is 5.83. The molecule has 1 fully saturated rings. The number of amides is 2. The summed E-state index contributed by atoms with van der Waals surface area (Å²) in [5.41, 5.74) is -0.535. The maximum Gasteiger partial charge on any atom is 0.410 e. The van der Waals surface area contributed by atoms with Crippen molar-refractivity contribution in [2.24, 2.45) is 0 Å². The van der Waals surface area contributed by atoms with E-state index in [1.807, 2.05) is 31.5 Å². The van der Waals surface area contributed by atoms with E-state index in [0.717, 1.165) is 13.0 Å². The summed E-state index contributed by atoms with van der Waals surface area (Å²) in [5.74, 6) is -0.0890. The van der Waals surface area contributed by atoms with E-state index in [1.165, 1.54) is 0 Å². The van der Waals surface area contributed by atoms with Crippen LogP contribution in [0.4, 0.5) is 4.79 Å². The number of aryl methyl sites for hydroxylation is 1. The van der Waals surface area contributed by atoms with Gasteiger partial charge in [0.1, 0.15) is 11.6 Å². The SMILES string of the molecule is CC(C)(C)OC(=O)N1CCN[C@@H](C(=O)NCCCn2ccnc2)C1. The lowest BCUT2D eigenvalue weighted by Gasteiger charge is -2.34. The van der Waals surface area contributed by atoms with Crippen LogP contribution in [0.2, 0.25) is 0 Å². The van der Waals surface area contributed by atoms with E-state index < -0.39 is 11.6 Å². The first kappa shape index (κ1) is 18.3. The lowest BCUT2D eigenvalue weighted by atomic mass is 10.2. The molecule has 0 bridgehead atoms. The Morgan fingerprint density at radius 1 is 1.42 bits per heavy atom. The molecule has 134 valence electrons. The number of ether oxygens (including phenoxy) is 1. The predicted octanol–water partition coefficient (Wildman–Crippen LogP) is 0.598. The average Bonchev–Trinajstić information content (AvgIpc) is 3.03. The molecule has 0 spiro atoms. The zero-order valence-electron chi connectivity index (χ0n) is 14.6. The van der Waals surface area contributed by atoms with Crippen LogP contribution in [-0.2, 0) is 16.1 Å². The van der Waals surface area contributed by atoms with Crippen molar-refractivity contribution < 1.29 is 14.3 Å². The topological polar surface area (TPSA) is 88.5 Å². The summed E-state index contributed by atoms with van der Waals surface area (Å²) in [6.45, 7) is 8.32. The number of nitrogens with zero attached hydrogens (tertiary/aromatic N) is 3. The van der Waals surface area contributed by atoms with Gasteiger partial charge in [0, 0.05) is 45.1 Å². The van der Waals surface area contributed by atoms with Gasteiger partial charge in [-0.15, -0.1) is 0 Å². The lowest BCUT2D eigenvalue weighted by Crippen LogP contribution is -2.58. The molecule has 1 saturated heterocycles. The second-order valence-electron chi connectivity index (χ2n) is 6.88. The van der Waals surface area contributed by atoms with Crippen LogP contribution >= 0.6 is 0 Å². The zero-order chi connectivity index (χ0) is 17.6. The van der Waals surface area contributed by atoms with Gasteiger partial charge < -0.3 is 24.8 Å². The summed E-state index contributed by atoms with van der Waals surface area (Å²) in [6, 6.07) is -0.403. The van der Waals surface area contributed by atoms with Crippen molar-refractivity contribution in [2.45, 2.75) is 45.4 Å². The number of carbonyl (C=O) groups excluding carboxylic acids is 2. The van der Waals surface area contributed by atoms with Crippen LogP contribution in [0.5, 0.6) is 0 Å². The number of hydrogen-bond acceptors (Lipinski definition) is 5. The molecule has 1 aromatic heterocycles. The van der Waals surface area contributed by atoms with Crippen LogP contribution in [0.1, 0.15) is 27.2 Å². The Hall–Kier alpha value is -2.09. The lowest BCUT2D eigenvalue weighted by molar-refractivity contribution is -0.124. The van der Waals surface area contributed by atoms with Gasteiger partial charge in [-0.3, -0.25) is 4.79 Å². The number of nitrogens with one attached hydrogen (secondary N) is 2. The third-order valence-corrected chi connectivity index (χ3v) is 3.60. The van der Waals surface area contributed by atoms with Gasteiger partial charge >= 0.3 is 6.09 Å². The number of carbonyl (C=O) groups is 2. The summed E-state index contributed by atoms with van der Waals surface area (Å²) < 4.78 is 7.33. The van der Waals surface area contributed by atoms with Crippen LogP contribution in [0.15, 0.2) is 18.7 Å². The molecule has 0 radical (unpaired) electrons. The minimum Gasteiger partial charge on any atom is -0.444 e. The molecule has 0 aliphatic carbocycles. The first-order valence-corrected chi connectivity index (χ1v) is 8.30. The molecular formula is C16H27N5O3. The second kappa shape index (κ2) is 8.14. The Morgan fingerprint density at radius 3 is 2.88 bits per heavy atom. The van der Waals surface area contributed by atoms with Crippen LogP contribution in [0, 0.1) is 0 Å². The van der Waals surface area contributed by atoms with Crippen molar-refractivity contribution in [1.82, 2.24) is 25.1 Å². The largest absolute Gasteiger partial charge is 0.444 e. The molecular weight excluding hydrogens is 310 g/mol. The molecule has 1 aromatic rings. The monoisotopic (exact) mass is 337 g/mol. The van der Waals surface area contributed by atoms with Crippen LogP contribution in [-0.4, -0.2) is 64.3 Å². The summed E-state index contributed by atoms with van der Waals surface area (Å²) in [5, 5.41) is 6.05. The molecule has 0 aromatic carbocycles. The highest BCUT2D eigenvalue weighted by Gasteiger charge is 2.30. The van der Waals surface area contributed by atoms with Gasteiger partial charge in [-0.1, -0.05) is 0 Å². The maximum atomic E-state index is 12.2. The van der Waals surface area contributed by atoms with Gasteiger partial charge in [-0.05, 0) is 27.2 Å². The Kier molecular flexibility index (Phi) is 6.19. The normalized spacial score (nSPS) is 18.3. The standard InChI is InChI=1S/C16H27N5O3/c1-16(2,3)24-15(23)21-10-7-18-13(11-21)14(22)19-5-4-8-20-9-6-17-12-20/h6,9,12-13,18H,4-5,7-8,10-11H2,1-3H3,(H,19,22)/t13-/m1/s1. The Balaban J connectivity index is 1.72. The van der Waals surface area contributed by atoms with Crippen molar-refractivity contribution >= 4 is 12.0 Å². The maximum absolute atomic E-state index is 12.2. The number of rotatable bonds is 5. The molecule has 2 rings (SSSR count). The molecule has 8 heteroatoms. The Morgan fingerprint density at radius 2 is 2.21 bits per heavy atom. The summed E-state index contributed by atoms with van der Waals surface area (Å²) in [4.78, 5) is 29.9. The van der Waals surface area contributed by atoms with E-state index in [0.29, 0.717) is 26.2 Å². The highest BCUT2D eigenvalue weighted by molar-refractivity contribution is 5.83. The molecule has 0 unspecified atom stereocenters. The average molecular weight is 337 g/mol. The third-order valence-electron chi connectivity index (χ3n) is 3.60. The van der Waals surface area contributed by atoms with Crippen molar-refractivity contribution in [3.05, 3.63) is 18.7 Å². The van der Waals surface area contributed by atoms with Crippen LogP contribution < -0.4 is 10.6 Å². The smallest absolute Gasteiger partial charge is 0.410 e. The van der Waals surface area contributed by atoms with E-state index in [1.54, 1.807) is 17.4 Å². The van der Waals surface area contributed by atoms with Gasteiger partial charge in [0.15, 0.2) is 0 Å². The quantitative estimate of drug-likeness (QED) is 0.768. The number of hydrogen-bond donors (Lipinski definition) is 2. The molecule has 1 atom stereocenters. The first-order chi connectivity index (χ1) is 11.3. The van der Waals surface area contributed by atoms with E-state index in [2.05, 4.69) is 15.6 Å². The van der Waals surface area contributed by atoms with Crippen molar-refractivity contribution in [3.63, 3.8) is 0 Å². The molecule has 2 N–H and O–H groups in total. The summed E-state index contributed by atoms with van der Waals surface area (Å²) in [7, 11) is 0. The van der Waals surface area contributed by atoms with E-state index >= 15 is 0 Å². The molecule has 24 heavy (non-hydrogen) atoms. The van der Waals surface area contributed by atoms with Crippen LogP contribution in [0.3, 0.4) is 0 Å². The molecule has 8 nitrogen and oxygen atoms in total. The first-order valence-electron chi connectivity index (χ1n) is 8.30. The number of imidazole rings is 1. The fraction of sp³-hybridized carbons (Fsp3) is 0.688. The molecule has 2 heterocycles. The van der Waals surface area contributed by atoms with Gasteiger partial charge in [-0.25, -0.2) is 9.78 Å². The zero-order valence-corrected chi connectivity index (χ0v) is 14.6. The highest BCUT2D eigenvalue weighted by Crippen LogP contribution is 2.11. The van der Waals surface area contributed by atoms with E-state index in [4.69, 9.17) is 4.74 Å². The minimum atomic E-state index is -0.535. The van der Waals surface area contributed by atoms with Gasteiger partial charge in [-0.2, -0.15) is 0 Å². The Labute approximate surface area is 142 Å². The second-order valence-corrected chi connectivity index (χ2v) is 6.88. The third kappa shape index (κ3) is 5.84. The van der Waals surface area contributed by atoms with Gasteiger partial charge in [0.05, 0.1) is 6.33 Å². The van der Waals surface area contributed by atoms with E-state index in [9.17, 15) is 9.59 Å². The van der Waals surface area contributed by atoms with Crippen molar-refractivity contribution in [3.8, 4) is 0 Å². The fourth-order valence-electron chi connectivity index (χ4n) is 2.43. The number of aromatic nitrogens is 2. The predicted molar refractivity (Wildman–Crippen MR) is 89.5 cm³/mol. The fourth-order valence-corrected chi connectivity index (χ4v) is 2.43. The molecule has 2 amide bonds. The molecule has 1 aliphatic rings. The van der Waals surface area contributed by atoms with Crippen molar-refractivity contribution in [1.29, 1.82) is 0 Å². The molecule has 0 saturated carbocycles. The molecule has 1 aliphatic heterocycles. The van der Waals surface area contributed by atoms with E-state index in [-0.39, 0.29) is 12.0 Å². The van der Waals surface area contributed by atoms with Crippen molar-refractivity contribution in [2.75, 3.05) is 26.2 Å². The van der Waals surface area contributed by atoms with Gasteiger partial charge in [0.2, 0.25) is 5.91 Å².